The van der Waals surface area contributed by atoms with Gasteiger partial charge >= 0.3 is 0 Å². The van der Waals surface area contributed by atoms with E-state index in [1.54, 1.807) is 7.11 Å². The smallest absolute Gasteiger partial charge is 0.143 e. The number of ether oxygens (including phenoxy) is 1. The number of fused-ring (bicyclic) bond motifs is 2. The summed E-state index contributed by atoms with van der Waals surface area (Å²) in [6.07, 6.45) is 9.95. The highest BCUT2D eigenvalue weighted by Crippen LogP contribution is 2.53. The molecule has 5 rings (SSSR count). The van der Waals surface area contributed by atoms with Crippen molar-refractivity contribution in [1.29, 1.82) is 0 Å². The second kappa shape index (κ2) is 5.84. The number of rotatable bonds is 3. The van der Waals surface area contributed by atoms with E-state index in [1.165, 1.54) is 18.4 Å². The number of anilines is 1. The van der Waals surface area contributed by atoms with E-state index in [0.29, 0.717) is 6.04 Å². The molecule has 2 aromatic rings. The third-order valence-electron chi connectivity index (χ3n) is 6.27. The molecule has 1 saturated carbocycles. The molecule has 1 aromatic heterocycles. The number of nitrogens with one attached hydrogen (secondary N) is 2. The minimum atomic E-state index is 0.0732. The summed E-state index contributed by atoms with van der Waals surface area (Å²) in [5.74, 6) is 1.98. The van der Waals surface area contributed by atoms with Crippen molar-refractivity contribution in [3.05, 3.63) is 35.9 Å². The SMILES string of the molecule is CN=C1Nc2cc(-n3cnc(C4CCCN4)c3)c(OC)cc2C12CCC2. The highest BCUT2D eigenvalue weighted by Gasteiger charge is 2.49. The van der Waals surface area contributed by atoms with Crippen LogP contribution in [0.25, 0.3) is 5.69 Å². The van der Waals surface area contributed by atoms with Crippen molar-refractivity contribution in [2.75, 3.05) is 26.0 Å². The van der Waals surface area contributed by atoms with Gasteiger partial charge in [-0.3, -0.25) is 4.99 Å². The first-order valence-electron chi connectivity index (χ1n) is 9.49. The summed E-state index contributed by atoms with van der Waals surface area (Å²) in [5.41, 5.74) is 4.66. The number of benzene rings is 1. The van der Waals surface area contributed by atoms with Crippen molar-refractivity contribution in [2.45, 2.75) is 43.6 Å². The zero-order chi connectivity index (χ0) is 17.7. The molecule has 2 N–H and O–H groups in total. The van der Waals surface area contributed by atoms with E-state index in [1.807, 2.05) is 13.4 Å². The van der Waals surface area contributed by atoms with Gasteiger partial charge in [-0.2, -0.15) is 0 Å². The Kier molecular flexibility index (Phi) is 3.57. The number of imidazole rings is 1. The van der Waals surface area contributed by atoms with E-state index in [-0.39, 0.29) is 5.41 Å². The normalized spacial score (nSPS) is 24.5. The molecule has 1 spiro atoms. The van der Waals surface area contributed by atoms with Gasteiger partial charge in [0.15, 0.2) is 0 Å². The van der Waals surface area contributed by atoms with E-state index in [9.17, 15) is 0 Å². The van der Waals surface area contributed by atoms with Crippen molar-refractivity contribution in [3.63, 3.8) is 0 Å². The van der Waals surface area contributed by atoms with E-state index < -0.39 is 0 Å². The second-order valence-electron chi connectivity index (χ2n) is 7.56. The lowest BCUT2D eigenvalue weighted by Gasteiger charge is -2.38. The van der Waals surface area contributed by atoms with Gasteiger partial charge in [0.25, 0.3) is 0 Å². The molecule has 1 aliphatic carbocycles. The fourth-order valence-corrected chi connectivity index (χ4v) is 4.70. The number of hydrogen-bond donors (Lipinski definition) is 2. The highest BCUT2D eigenvalue weighted by atomic mass is 16.5. The van der Waals surface area contributed by atoms with E-state index in [2.05, 4.69) is 43.5 Å². The lowest BCUT2D eigenvalue weighted by atomic mass is 9.65. The summed E-state index contributed by atoms with van der Waals surface area (Å²) in [6, 6.07) is 4.74. The Labute approximate surface area is 153 Å². The molecular weight excluding hydrogens is 326 g/mol. The molecule has 3 aliphatic rings. The molecule has 2 aliphatic heterocycles. The molecular formula is C20H25N5O. The van der Waals surface area contributed by atoms with Crippen molar-refractivity contribution in [2.24, 2.45) is 4.99 Å². The minimum absolute atomic E-state index is 0.0732. The lowest BCUT2D eigenvalue weighted by Crippen LogP contribution is -2.41. The number of amidine groups is 1. The molecule has 2 fully saturated rings. The van der Waals surface area contributed by atoms with Crippen LogP contribution in [0.5, 0.6) is 5.75 Å². The molecule has 1 atom stereocenters. The Balaban J connectivity index is 1.57. The Hall–Kier alpha value is -2.34. The summed E-state index contributed by atoms with van der Waals surface area (Å²) >= 11 is 0. The van der Waals surface area contributed by atoms with Gasteiger partial charge in [0, 0.05) is 18.9 Å². The molecule has 6 nitrogen and oxygen atoms in total. The van der Waals surface area contributed by atoms with Gasteiger partial charge in [-0.15, -0.1) is 0 Å². The maximum atomic E-state index is 5.76. The van der Waals surface area contributed by atoms with Gasteiger partial charge in [0.05, 0.1) is 36.3 Å². The van der Waals surface area contributed by atoms with Crippen molar-refractivity contribution < 1.29 is 4.74 Å². The predicted octanol–water partition coefficient (Wildman–Crippen LogP) is 3.18. The predicted molar refractivity (Wildman–Crippen MR) is 103 cm³/mol. The van der Waals surface area contributed by atoms with Crippen LogP contribution in [0.3, 0.4) is 0 Å². The molecule has 26 heavy (non-hydrogen) atoms. The third kappa shape index (κ3) is 2.14. The molecule has 1 aromatic carbocycles. The molecule has 0 radical (unpaired) electrons. The van der Waals surface area contributed by atoms with Gasteiger partial charge in [0.1, 0.15) is 11.6 Å². The van der Waals surface area contributed by atoms with Crippen LogP contribution in [0.1, 0.15) is 49.4 Å². The van der Waals surface area contributed by atoms with Crippen LogP contribution in [-0.4, -0.2) is 36.1 Å². The first-order chi connectivity index (χ1) is 12.7. The average Bonchev–Trinajstić information content (AvgIpc) is 3.35. The van der Waals surface area contributed by atoms with Crippen molar-refractivity contribution in [1.82, 2.24) is 14.9 Å². The van der Waals surface area contributed by atoms with Gasteiger partial charge < -0.3 is 19.9 Å². The number of methoxy groups -OCH3 is 1. The average molecular weight is 351 g/mol. The van der Waals surface area contributed by atoms with Crippen LogP contribution in [0.2, 0.25) is 0 Å². The first kappa shape index (κ1) is 15.9. The monoisotopic (exact) mass is 351 g/mol. The van der Waals surface area contributed by atoms with Crippen LogP contribution in [-0.2, 0) is 5.41 Å². The van der Waals surface area contributed by atoms with Crippen LogP contribution >= 0.6 is 0 Å². The number of aromatic nitrogens is 2. The van der Waals surface area contributed by atoms with Crippen LogP contribution in [0.4, 0.5) is 5.69 Å². The van der Waals surface area contributed by atoms with Crippen molar-refractivity contribution >= 4 is 11.5 Å². The molecule has 1 saturated heterocycles. The quantitative estimate of drug-likeness (QED) is 0.891. The maximum Gasteiger partial charge on any atom is 0.143 e. The Morgan fingerprint density at radius 3 is 2.85 bits per heavy atom. The maximum absolute atomic E-state index is 5.76. The number of hydrogen-bond acceptors (Lipinski definition) is 4. The van der Waals surface area contributed by atoms with Crippen LogP contribution in [0.15, 0.2) is 29.6 Å². The standard InChI is InChI=1S/C20H25N5O/c1-21-19-20(6-4-7-20)13-9-18(26-2)17(10-15(13)24-19)25-11-16(23-12-25)14-5-3-8-22-14/h9-12,14,22H,3-8H2,1-2H3,(H,21,24). The Morgan fingerprint density at radius 1 is 1.31 bits per heavy atom. The fourth-order valence-electron chi connectivity index (χ4n) is 4.70. The third-order valence-corrected chi connectivity index (χ3v) is 6.27. The van der Waals surface area contributed by atoms with Crippen LogP contribution < -0.4 is 15.4 Å². The zero-order valence-corrected chi connectivity index (χ0v) is 15.4. The molecule has 6 heteroatoms. The molecule has 0 amide bonds. The van der Waals surface area contributed by atoms with E-state index in [4.69, 9.17) is 4.74 Å². The summed E-state index contributed by atoms with van der Waals surface area (Å²) in [7, 11) is 3.62. The summed E-state index contributed by atoms with van der Waals surface area (Å²) in [4.78, 5) is 9.16. The van der Waals surface area contributed by atoms with E-state index in [0.717, 1.165) is 54.5 Å². The Bertz CT molecular complexity index is 874. The van der Waals surface area contributed by atoms with Gasteiger partial charge in [-0.1, -0.05) is 6.42 Å². The molecule has 0 bridgehead atoms. The molecule has 136 valence electrons. The Morgan fingerprint density at radius 2 is 2.19 bits per heavy atom. The second-order valence-corrected chi connectivity index (χ2v) is 7.56. The molecule has 1 unspecified atom stereocenters. The van der Waals surface area contributed by atoms with E-state index >= 15 is 0 Å². The molecule has 3 heterocycles. The van der Waals surface area contributed by atoms with Gasteiger partial charge in [-0.05, 0) is 49.9 Å². The largest absolute Gasteiger partial charge is 0.495 e. The van der Waals surface area contributed by atoms with Gasteiger partial charge in [0.2, 0.25) is 0 Å². The summed E-state index contributed by atoms with van der Waals surface area (Å²) in [5, 5.41) is 7.06. The topological polar surface area (TPSA) is 63.5 Å². The summed E-state index contributed by atoms with van der Waals surface area (Å²) < 4.78 is 7.83. The summed E-state index contributed by atoms with van der Waals surface area (Å²) in [6.45, 7) is 1.07. The number of aliphatic imine (C=N–C) groups is 1. The van der Waals surface area contributed by atoms with Crippen LogP contribution in [0, 0.1) is 0 Å². The lowest BCUT2D eigenvalue weighted by molar-refractivity contribution is 0.344. The van der Waals surface area contributed by atoms with Crippen molar-refractivity contribution in [3.8, 4) is 11.4 Å². The zero-order valence-electron chi connectivity index (χ0n) is 15.4. The first-order valence-corrected chi connectivity index (χ1v) is 9.49. The minimum Gasteiger partial charge on any atom is -0.495 e. The highest BCUT2D eigenvalue weighted by molar-refractivity contribution is 6.10. The van der Waals surface area contributed by atoms with Gasteiger partial charge in [-0.25, -0.2) is 4.98 Å². The fraction of sp³-hybridized carbons (Fsp3) is 0.500. The number of nitrogens with zero attached hydrogens (tertiary/aromatic N) is 3.